The van der Waals surface area contributed by atoms with Gasteiger partial charge in [-0.3, -0.25) is 19.3 Å². The summed E-state index contributed by atoms with van der Waals surface area (Å²) < 4.78 is 0.880. The molecular formula is C27H21BrN4O3S. The zero-order valence-electron chi connectivity index (χ0n) is 19.0. The Morgan fingerprint density at radius 1 is 0.972 bits per heavy atom. The number of nitriles is 1. The van der Waals surface area contributed by atoms with Gasteiger partial charge in [0, 0.05) is 28.8 Å². The van der Waals surface area contributed by atoms with Crippen LogP contribution in [0.25, 0.3) is 0 Å². The number of benzene rings is 3. The Morgan fingerprint density at radius 2 is 1.61 bits per heavy atom. The second-order valence-corrected chi connectivity index (χ2v) is 9.94. The van der Waals surface area contributed by atoms with Crippen molar-refractivity contribution in [3.8, 4) is 6.07 Å². The fourth-order valence-electron chi connectivity index (χ4n) is 3.58. The van der Waals surface area contributed by atoms with Gasteiger partial charge in [-0.15, -0.1) is 0 Å². The summed E-state index contributed by atoms with van der Waals surface area (Å²) in [5.41, 5.74) is 1.83. The number of nitrogens with one attached hydrogen (secondary N) is 2. The highest BCUT2D eigenvalue weighted by molar-refractivity contribution is 9.10. The molecule has 1 aliphatic heterocycles. The molecule has 1 saturated heterocycles. The SMILES string of the molecule is N#C/C(C(=O)NCc1ccccc1)=C1\SC(CC(=O)Nc2ccc(Br)cc2)C(=O)N1c1ccccc1. The Labute approximate surface area is 221 Å². The Morgan fingerprint density at radius 3 is 2.25 bits per heavy atom. The molecule has 0 spiro atoms. The Balaban J connectivity index is 1.58. The second-order valence-electron chi connectivity index (χ2n) is 7.84. The largest absolute Gasteiger partial charge is 0.347 e. The quantitative estimate of drug-likeness (QED) is 0.313. The Bertz CT molecular complexity index is 1340. The van der Waals surface area contributed by atoms with Crippen molar-refractivity contribution in [1.82, 2.24) is 5.32 Å². The summed E-state index contributed by atoms with van der Waals surface area (Å²) in [6, 6.07) is 27.2. The fraction of sp³-hybridized carbons (Fsp3) is 0.111. The third-order valence-electron chi connectivity index (χ3n) is 5.31. The van der Waals surface area contributed by atoms with Gasteiger partial charge in [0.05, 0.1) is 5.25 Å². The van der Waals surface area contributed by atoms with Crippen LogP contribution in [0, 0.1) is 11.3 Å². The van der Waals surface area contributed by atoms with Crippen molar-refractivity contribution in [3.05, 3.63) is 106 Å². The van der Waals surface area contributed by atoms with Gasteiger partial charge in [0.1, 0.15) is 16.7 Å². The van der Waals surface area contributed by atoms with Crippen molar-refractivity contribution >= 4 is 56.8 Å². The molecule has 36 heavy (non-hydrogen) atoms. The predicted octanol–water partition coefficient (Wildman–Crippen LogP) is 4.98. The second kappa shape index (κ2) is 11.7. The summed E-state index contributed by atoms with van der Waals surface area (Å²) in [6.45, 7) is 0.237. The minimum Gasteiger partial charge on any atom is -0.347 e. The van der Waals surface area contributed by atoms with Crippen molar-refractivity contribution in [3.63, 3.8) is 0 Å². The van der Waals surface area contributed by atoms with Crippen LogP contribution in [0.3, 0.4) is 0 Å². The summed E-state index contributed by atoms with van der Waals surface area (Å²) in [4.78, 5) is 40.5. The first-order valence-corrected chi connectivity index (χ1v) is 12.7. The lowest BCUT2D eigenvalue weighted by Crippen LogP contribution is -2.32. The maximum absolute atomic E-state index is 13.4. The highest BCUT2D eigenvalue weighted by Crippen LogP contribution is 2.42. The van der Waals surface area contributed by atoms with Crippen LogP contribution in [-0.4, -0.2) is 23.0 Å². The van der Waals surface area contributed by atoms with E-state index in [4.69, 9.17) is 0 Å². The van der Waals surface area contributed by atoms with E-state index in [1.807, 2.05) is 42.5 Å². The molecule has 0 bridgehead atoms. The van der Waals surface area contributed by atoms with E-state index in [1.54, 1.807) is 48.5 Å². The molecule has 1 fully saturated rings. The highest BCUT2D eigenvalue weighted by atomic mass is 79.9. The number of anilines is 2. The molecular weight excluding hydrogens is 540 g/mol. The number of amides is 3. The number of rotatable bonds is 7. The molecule has 0 aliphatic carbocycles. The Kier molecular flexibility index (Phi) is 8.21. The van der Waals surface area contributed by atoms with E-state index in [9.17, 15) is 19.6 Å². The number of nitrogens with zero attached hydrogens (tertiary/aromatic N) is 2. The van der Waals surface area contributed by atoms with Gasteiger partial charge in [-0.05, 0) is 42.0 Å². The number of thioether (sulfide) groups is 1. The third kappa shape index (κ3) is 6.03. The van der Waals surface area contributed by atoms with E-state index in [0.717, 1.165) is 21.8 Å². The molecule has 9 heteroatoms. The van der Waals surface area contributed by atoms with E-state index in [0.29, 0.717) is 11.4 Å². The Hall–Kier alpha value is -3.87. The van der Waals surface area contributed by atoms with Crippen LogP contribution in [0.1, 0.15) is 12.0 Å². The molecule has 3 aromatic rings. The summed E-state index contributed by atoms with van der Waals surface area (Å²) in [5, 5.41) is 14.8. The number of hydrogen-bond donors (Lipinski definition) is 2. The molecule has 0 radical (unpaired) electrons. The number of carbonyl (C=O) groups is 3. The third-order valence-corrected chi connectivity index (χ3v) is 7.11. The molecule has 3 amide bonds. The lowest BCUT2D eigenvalue weighted by atomic mass is 10.2. The van der Waals surface area contributed by atoms with Crippen LogP contribution in [0.4, 0.5) is 11.4 Å². The molecule has 1 heterocycles. The maximum atomic E-state index is 13.4. The van der Waals surface area contributed by atoms with Crippen LogP contribution in [0.15, 0.2) is 100 Å². The van der Waals surface area contributed by atoms with Crippen molar-refractivity contribution < 1.29 is 14.4 Å². The normalized spacial score (nSPS) is 16.3. The van der Waals surface area contributed by atoms with Gasteiger partial charge in [-0.2, -0.15) is 5.26 Å². The molecule has 3 aromatic carbocycles. The maximum Gasteiger partial charge on any atom is 0.264 e. The first-order valence-electron chi connectivity index (χ1n) is 11.0. The highest BCUT2D eigenvalue weighted by Gasteiger charge is 2.41. The molecule has 7 nitrogen and oxygen atoms in total. The minimum atomic E-state index is -0.791. The number of carbonyl (C=O) groups excluding carboxylic acids is 3. The first kappa shape index (κ1) is 25.2. The van der Waals surface area contributed by atoms with Gasteiger partial charge in [-0.1, -0.05) is 76.2 Å². The van der Waals surface area contributed by atoms with Gasteiger partial charge < -0.3 is 10.6 Å². The van der Waals surface area contributed by atoms with Gasteiger partial charge in [-0.25, -0.2) is 0 Å². The van der Waals surface area contributed by atoms with E-state index in [-0.39, 0.29) is 35.4 Å². The molecule has 1 aliphatic rings. The van der Waals surface area contributed by atoms with Crippen molar-refractivity contribution in [2.24, 2.45) is 0 Å². The lowest BCUT2D eigenvalue weighted by molar-refractivity contribution is -0.121. The zero-order chi connectivity index (χ0) is 25.5. The van der Waals surface area contributed by atoms with E-state index in [2.05, 4.69) is 26.6 Å². The smallest absolute Gasteiger partial charge is 0.264 e. The monoisotopic (exact) mass is 560 g/mol. The van der Waals surface area contributed by atoms with Crippen molar-refractivity contribution in [2.75, 3.05) is 10.2 Å². The van der Waals surface area contributed by atoms with Gasteiger partial charge in [0.15, 0.2) is 0 Å². The standard InChI is InChI=1S/C27H21BrN4O3S/c28-19-11-13-20(14-12-19)31-24(33)15-23-26(35)32(21-9-5-2-6-10-21)27(36-23)22(16-29)25(34)30-17-18-7-3-1-4-8-18/h1-14,23H,15,17H2,(H,30,34)(H,31,33)/b27-22+. The van der Waals surface area contributed by atoms with Gasteiger partial charge in [0.2, 0.25) is 11.8 Å². The fourth-order valence-corrected chi connectivity index (χ4v) is 5.11. The molecule has 1 unspecified atom stereocenters. The van der Waals surface area contributed by atoms with Crippen LogP contribution in [0.2, 0.25) is 0 Å². The average Bonchev–Trinajstić information content (AvgIpc) is 3.20. The molecule has 0 aromatic heterocycles. The predicted molar refractivity (Wildman–Crippen MR) is 144 cm³/mol. The minimum absolute atomic E-state index is 0.114. The number of para-hydroxylation sites is 1. The first-order chi connectivity index (χ1) is 17.5. The van der Waals surface area contributed by atoms with Gasteiger partial charge in [0.25, 0.3) is 5.91 Å². The molecule has 4 rings (SSSR count). The summed E-state index contributed by atoms with van der Waals surface area (Å²) >= 11 is 4.40. The van der Waals surface area contributed by atoms with Crippen LogP contribution >= 0.6 is 27.7 Å². The number of hydrogen-bond acceptors (Lipinski definition) is 5. The molecule has 1 atom stereocenters. The zero-order valence-corrected chi connectivity index (χ0v) is 21.4. The van der Waals surface area contributed by atoms with Crippen LogP contribution in [0.5, 0.6) is 0 Å². The molecule has 180 valence electrons. The molecule has 0 saturated carbocycles. The molecule has 2 N–H and O–H groups in total. The van der Waals surface area contributed by atoms with Gasteiger partial charge >= 0.3 is 0 Å². The van der Waals surface area contributed by atoms with E-state index < -0.39 is 11.2 Å². The van der Waals surface area contributed by atoms with Crippen molar-refractivity contribution in [2.45, 2.75) is 18.2 Å². The summed E-state index contributed by atoms with van der Waals surface area (Å²) in [5.74, 6) is -1.29. The van der Waals surface area contributed by atoms with E-state index in [1.165, 1.54) is 4.90 Å². The van der Waals surface area contributed by atoms with E-state index >= 15 is 0 Å². The van der Waals surface area contributed by atoms with Crippen LogP contribution in [-0.2, 0) is 20.9 Å². The number of halogens is 1. The van der Waals surface area contributed by atoms with Crippen molar-refractivity contribution in [1.29, 1.82) is 5.26 Å². The lowest BCUT2D eigenvalue weighted by Gasteiger charge is -2.18. The topological polar surface area (TPSA) is 102 Å². The summed E-state index contributed by atoms with van der Waals surface area (Å²) in [6.07, 6.45) is -0.114. The summed E-state index contributed by atoms with van der Waals surface area (Å²) in [7, 11) is 0. The average molecular weight is 561 g/mol. The van der Waals surface area contributed by atoms with Crippen LogP contribution < -0.4 is 15.5 Å².